The normalized spacial score (nSPS) is 20.7. The molecule has 0 radical (unpaired) electrons. The second-order valence-corrected chi connectivity index (χ2v) is 9.65. The smallest absolute Gasteiger partial charge is 0.193 e. The molecule has 1 saturated carbocycles. The van der Waals surface area contributed by atoms with Gasteiger partial charge in [-0.05, 0) is 44.9 Å². The number of ether oxygens (including phenoxy) is 1. The second-order valence-electron chi connectivity index (χ2n) is 7.51. The predicted octanol–water partition coefficient (Wildman–Crippen LogP) is 2.14. The van der Waals surface area contributed by atoms with Crippen LogP contribution in [0, 0.1) is 11.3 Å². The molecule has 0 aromatic rings. The number of guanidine groups is 1. The van der Waals surface area contributed by atoms with Crippen molar-refractivity contribution in [2.45, 2.75) is 39.0 Å². The monoisotopic (exact) mass is 487 g/mol. The van der Waals surface area contributed by atoms with Gasteiger partial charge in [-0.1, -0.05) is 0 Å². The lowest BCUT2D eigenvalue weighted by molar-refractivity contribution is 0.0625. The molecule has 0 atom stereocenters. The third kappa shape index (κ3) is 8.43. The number of nitrogens with zero attached hydrogens (tertiary/aromatic N) is 2. The summed E-state index contributed by atoms with van der Waals surface area (Å²) >= 11 is 0. The molecule has 0 aromatic carbocycles. The SMILES string of the molecule is CCNC(=NCC1(CS(C)(=O)=O)CC1)N(C)CCC1CCOCC1.I. The van der Waals surface area contributed by atoms with Crippen LogP contribution in [0.5, 0.6) is 0 Å². The van der Waals surface area contributed by atoms with Crippen molar-refractivity contribution in [2.24, 2.45) is 16.3 Å². The van der Waals surface area contributed by atoms with Crippen LogP contribution >= 0.6 is 24.0 Å². The maximum Gasteiger partial charge on any atom is 0.193 e. The van der Waals surface area contributed by atoms with Crippen LogP contribution in [0.3, 0.4) is 0 Å². The van der Waals surface area contributed by atoms with Crippen LogP contribution in [-0.2, 0) is 14.6 Å². The highest BCUT2D eigenvalue weighted by Gasteiger charge is 2.45. The van der Waals surface area contributed by atoms with Crippen molar-refractivity contribution in [3.05, 3.63) is 0 Å². The van der Waals surface area contributed by atoms with Crippen molar-refractivity contribution in [2.75, 3.05) is 51.9 Å². The van der Waals surface area contributed by atoms with Gasteiger partial charge in [0.2, 0.25) is 0 Å². The third-order valence-corrected chi connectivity index (χ3v) is 6.14. The summed E-state index contributed by atoms with van der Waals surface area (Å²) in [5.74, 6) is 1.89. The molecule has 6 nitrogen and oxygen atoms in total. The van der Waals surface area contributed by atoms with Crippen molar-refractivity contribution in [3.8, 4) is 0 Å². The predicted molar refractivity (Wildman–Crippen MR) is 114 cm³/mol. The molecule has 0 bridgehead atoms. The summed E-state index contributed by atoms with van der Waals surface area (Å²) in [4.78, 5) is 6.91. The standard InChI is InChI=1S/C17H33N3O3S.HI/c1-4-18-16(19-13-17(8-9-17)14-24(3,21)22)20(2)10-5-15-6-11-23-12-7-15;/h15H,4-14H2,1-3H3,(H,18,19);1H. The van der Waals surface area contributed by atoms with Crippen molar-refractivity contribution < 1.29 is 13.2 Å². The Kier molecular flexibility index (Phi) is 9.45. The lowest BCUT2D eigenvalue weighted by Crippen LogP contribution is -2.40. The first-order valence-corrected chi connectivity index (χ1v) is 11.1. The molecule has 1 heterocycles. The fraction of sp³-hybridized carbons (Fsp3) is 0.941. The number of aliphatic imine (C=N–C) groups is 1. The minimum absolute atomic E-state index is 0. The fourth-order valence-electron chi connectivity index (χ4n) is 3.31. The highest BCUT2D eigenvalue weighted by atomic mass is 127. The molecule has 1 aliphatic heterocycles. The van der Waals surface area contributed by atoms with Crippen LogP contribution in [0.15, 0.2) is 4.99 Å². The Bertz CT molecular complexity index is 529. The molecule has 0 aromatic heterocycles. The molecule has 0 spiro atoms. The van der Waals surface area contributed by atoms with Crippen LogP contribution in [0.2, 0.25) is 0 Å². The Morgan fingerprint density at radius 3 is 2.48 bits per heavy atom. The number of hydrogen-bond acceptors (Lipinski definition) is 4. The van der Waals surface area contributed by atoms with Crippen LogP contribution < -0.4 is 5.32 Å². The number of hydrogen-bond donors (Lipinski definition) is 1. The van der Waals surface area contributed by atoms with Crippen molar-refractivity contribution in [3.63, 3.8) is 0 Å². The van der Waals surface area contributed by atoms with Gasteiger partial charge in [-0.2, -0.15) is 0 Å². The van der Waals surface area contributed by atoms with Crippen molar-refractivity contribution in [1.82, 2.24) is 10.2 Å². The van der Waals surface area contributed by atoms with Gasteiger partial charge in [-0.25, -0.2) is 8.42 Å². The zero-order chi connectivity index (χ0) is 17.6. The Morgan fingerprint density at radius 1 is 1.32 bits per heavy atom. The summed E-state index contributed by atoms with van der Waals surface area (Å²) in [6.45, 7) is 6.22. The Balaban J connectivity index is 0.00000312. The molecule has 1 saturated heterocycles. The van der Waals surface area contributed by atoms with Gasteiger partial charge in [0.1, 0.15) is 9.84 Å². The van der Waals surface area contributed by atoms with Crippen molar-refractivity contribution >= 4 is 39.8 Å². The van der Waals surface area contributed by atoms with Gasteiger partial charge in [0.05, 0.1) is 5.75 Å². The number of halogens is 1. The van der Waals surface area contributed by atoms with E-state index in [-0.39, 0.29) is 35.1 Å². The lowest BCUT2D eigenvalue weighted by atomic mass is 9.96. The van der Waals surface area contributed by atoms with E-state index in [2.05, 4.69) is 24.2 Å². The summed E-state index contributed by atoms with van der Waals surface area (Å²) in [5.41, 5.74) is -0.115. The molecule has 1 aliphatic carbocycles. The zero-order valence-electron chi connectivity index (χ0n) is 15.8. The Labute approximate surface area is 170 Å². The van der Waals surface area contributed by atoms with E-state index in [9.17, 15) is 8.42 Å². The first-order chi connectivity index (χ1) is 11.3. The Hall–Kier alpha value is -0.0900. The average molecular weight is 487 g/mol. The van der Waals surface area contributed by atoms with Gasteiger partial charge in [-0.3, -0.25) is 4.99 Å². The highest BCUT2D eigenvalue weighted by Crippen LogP contribution is 2.46. The molecule has 2 fully saturated rings. The largest absolute Gasteiger partial charge is 0.381 e. The average Bonchev–Trinajstić information content (AvgIpc) is 3.28. The van der Waals surface area contributed by atoms with E-state index in [1.807, 2.05) is 0 Å². The molecule has 25 heavy (non-hydrogen) atoms. The topological polar surface area (TPSA) is 71.0 Å². The van der Waals surface area contributed by atoms with E-state index in [1.165, 1.54) is 6.26 Å². The van der Waals surface area contributed by atoms with Crippen LogP contribution in [0.4, 0.5) is 0 Å². The summed E-state index contributed by atoms with van der Waals surface area (Å²) in [6.07, 6.45) is 6.71. The number of rotatable bonds is 8. The van der Waals surface area contributed by atoms with E-state index < -0.39 is 9.84 Å². The van der Waals surface area contributed by atoms with Gasteiger partial charge in [-0.15, -0.1) is 24.0 Å². The van der Waals surface area contributed by atoms with E-state index in [1.54, 1.807) is 0 Å². The first kappa shape index (κ1) is 23.0. The minimum atomic E-state index is -2.94. The van der Waals surface area contributed by atoms with Gasteiger partial charge in [0.25, 0.3) is 0 Å². The van der Waals surface area contributed by atoms with E-state index in [0.717, 1.165) is 70.3 Å². The molecular weight excluding hydrogens is 453 g/mol. The van der Waals surface area contributed by atoms with Gasteiger partial charge in [0, 0.05) is 51.6 Å². The summed E-state index contributed by atoms with van der Waals surface area (Å²) in [5, 5.41) is 3.34. The lowest BCUT2D eigenvalue weighted by Gasteiger charge is -2.27. The van der Waals surface area contributed by atoms with E-state index >= 15 is 0 Å². The van der Waals surface area contributed by atoms with E-state index in [0.29, 0.717) is 6.54 Å². The molecular formula is C17H34IN3O3S. The molecule has 148 valence electrons. The second kappa shape index (κ2) is 10.3. The molecule has 2 aliphatic rings. The number of sulfone groups is 1. The van der Waals surface area contributed by atoms with Gasteiger partial charge < -0.3 is 15.0 Å². The molecule has 2 rings (SSSR count). The molecule has 0 unspecified atom stereocenters. The van der Waals surface area contributed by atoms with Gasteiger partial charge >= 0.3 is 0 Å². The molecule has 1 N–H and O–H groups in total. The minimum Gasteiger partial charge on any atom is -0.381 e. The summed E-state index contributed by atoms with van der Waals surface area (Å²) in [7, 11) is -0.873. The first-order valence-electron chi connectivity index (χ1n) is 9.08. The summed E-state index contributed by atoms with van der Waals surface area (Å²) < 4.78 is 28.6. The van der Waals surface area contributed by atoms with Gasteiger partial charge in [0.15, 0.2) is 5.96 Å². The fourth-order valence-corrected chi connectivity index (χ4v) is 4.80. The molecule has 0 amide bonds. The zero-order valence-corrected chi connectivity index (χ0v) is 18.9. The highest BCUT2D eigenvalue weighted by molar-refractivity contribution is 14.0. The van der Waals surface area contributed by atoms with Crippen LogP contribution in [-0.4, -0.2) is 71.2 Å². The summed E-state index contributed by atoms with van der Waals surface area (Å²) in [6, 6.07) is 0. The van der Waals surface area contributed by atoms with Crippen molar-refractivity contribution in [1.29, 1.82) is 0 Å². The van der Waals surface area contributed by atoms with Crippen LogP contribution in [0.25, 0.3) is 0 Å². The van der Waals surface area contributed by atoms with Crippen LogP contribution in [0.1, 0.15) is 39.0 Å². The quantitative estimate of drug-likeness (QED) is 0.323. The Morgan fingerprint density at radius 2 is 1.96 bits per heavy atom. The molecule has 8 heteroatoms. The van der Waals surface area contributed by atoms with E-state index in [4.69, 9.17) is 9.73 Å². The maximum atomic E-state index is 11.6. The third-order valence-electron chi connectivity index (χ3n) is 5.00. The maximum absolute atomic E-state index is 11.6. The number of nitrogens with one attached hydrogen (secondary N) is 1.